The summed E-state index contributed by atoms with van der Waals surface area (Å²) in [7, 11) is -0.441. The molecule has 0 unspecified atom stereocenters. The van der Waals surface area contributed by atoms with Gasteiger partial charge < -0.3 is 0 Å². The molecule has 0 aromatic carbocycles. The van der Waals surface area contributed by atoms with Crippen LogP contribution < -0.4 is 0 Å². The molecule has 160 valence electrons. The zero-order chi connectivity index (χ0) is 22.4. The van der Waals surface area contributed by atoms with Gasteiger partial charge in [-0.1, -0.05) is 96.2 Å². The second kappa shape index (κ2) is 11.2. The van der Waals surface area contributed by atoms with Gasteiger partial charge >= 0.3 is 50.9 Å². The molecular formula is C24H52GeSi2. The molecule has 1 aliphatic rings. The van der Waals surface area contributed by atoms with Gasteiger partial charge in [0.15, 0.2) is 0 Å². The van der Waals surface area contributed by atoms with Crippen LogP contribution in [-0.2, 0) is 0 Å². The van der Waals surface area contributed by atoms with Gasteiger partial charge in [0.25, 0.3) is 0 Å². The topological polar surface area (TPSA) is 0 Å². The average Bonchev–Trinajstić information content (AvgIpc) is 2.78. The van der Waals surface area contributed by atoms with Crippen molar-refractivity contribution in [1.29, 1.82) is 0 Å². The van der Waals surface area contributed by atoms with Crippen LogP contribution in [0.1, 0.15) is 96.9 Å². The minimum absolute atomic E-state index is 0.221. The Morgan fingerprint density at radius 3 is 0.741 bits per heavy atom. The van der Waals surface area contributed by atoms with Crippen molar-refractivity contribution in [3.05, 3.63) is 11.1 Å². The van der Waals surface area contributed by atoms with Crippen molar-refractivity contribution in [3.8, 4) is 0 Å². The Kier molecular flexibility index (Phi) is 12.4. The molecule has 1 aliphatic heterocycles. The molecule has 0 spiro atoms. The van der Waals surface area contributed by atoms with Crippen LogP contribution in [0.2, 0.25) is 43.8 Å². The molecule has 0 saturated carbocycles. The Bertz CT molecular complexity index is 381. The molecule has 0 aromatic rings. The first kappa shape index (κ1) is 29.9. The van der Waals surface area contributed by atoms with Crippen molar-refractivity contribution in [2.24, 2.45) is 0 Å². The van der Waals surface area contributed by atoms with Crippen LogP contribution in [-0.4, -0.2) is 33.0 Å². The van der Waals surface area contributed by atoms with E-state index in [1.165, 1.54) is 10.5 Å². The van der Waals surface area contributed by atoms with Gasteiger partial charge in [0, 0.05) is 0 Å². The van der Waals surface area contributed by atoms with Crippen LogP contribution in [0.25, 0.3) is 0 Å². The van der Waals surface area contributed by atoms with E-state index in [0.29, 0.717) is 35.6 Å². The summed E-state index contributed by atoms with van der Waals surface area (Å²) in [5.41, 5.74) is 3.36. The van der Waals surface area contributed by atoms with Crippen LogP contribution >= 0.6 is 0 Å². The molecule has 3 heteroatoms. The third kappa shape index (κ3) is 13.5. The SMILES string of the molecule is CC1=C(C)[CH2][Ge][CH2]1.C[Si](C(C)(C)C)C(C)(C)C.C[Si](C(C)(C)C)C(C)(C)C. The van der Waals surface area contributed by atoms with Gasteiger partial charge in [0.2, 0.25) is 0 Å². The third-order valence-corrected chi connectivity index (χ3v) is 18.3. The zero-order valence-electron chi connectivity index (χ0n) is 21.9. The fourth-order valence-corrected chi connectivity index (χ4v) is 10.6. The molecule has 1 rings (SSSR count). The summed E-state index contributed by atoms with van der Waals surface area (Å²) < 4.78 is 0. The van der Waals surface area contributed by atoms with Gasteiger partial charge in [-0.25, -0.2) is 0 Å². The molecule has 0 amide bonds. The van der Waals surface area contributed by atoms with E-state index in [0.717, 1.165) is 0 Å². The predicted molar refractivity (Wildman–Crippen MR) is 136 cm³/mol. The summed E-state index contributed by atoms with van der Waals surface area (Å²) in [4.78, 5) is 0. The smallest absolute Gasteiger partial charge is 0.0561 e. The van der Waals surface area contributed by atoms with Crippen LogP contribution in [0.15, 0.2) is 11.1 Å². The summed E-state index contributed by atoms with van der Waals surface area (Å²) in [6, 6.07) is 0. The molecule has 0 N–H and O–H groups in total. The zero-order valence-corrected chi connectivity index (χ0v) is 26.0. The Morgan fingerprint density at radius 2 is 0.704 bits per heavy atom. The summed E-state index contributed by atoms with van der Waals surface area (Å²) in [5, 5.41) is 5.13. The molecule has 0 bridgehead atoms. The van der Waals surface area contributed by atoms with Crippen LogP contribution in [0.3, 0.4) is 0 Å². The average molecular weight is 469 g/mol. The minimum Gasteiger partial charge on any atom is -0.0703 e. The normalized spacial score (nSPS) is 16.2. The first-order valence-corrected chi connectivity index (χ1v) is 17.6. The van der Waals surface area contributed by atoms with Crippen molar-refractivity contribution >= 4 is 33.0 Å². The Balaban J connectivity index is 0. The fourth-order valence-electron chi connectivity index (χ4n) is 2.99. The Hall–Kier alpha value is 0.717. The van der Waals surface area contributed by atoms with E-state index in [4.69, 9.17) is 0 Å². The molecule has 0 aliphatic carbocycles. The van der Waals surface area contributed by atoms with Crippen LogP contribution in [0.5, 0.6) is 0 Å². The standard InChI is InChI=1S/2C9H21Si.C6H10Ge/c2*1-8(2,3)10(7)9(4,5)6;1-5-3-7-4-6(5)2/h2*1-7H3;3-4H2,1-2H3. The molecule has 1 heterocycles. The van der Waals surface area contributed by atoms with Gasteiger partial charge in [-0.2, -0.15) is 0 Å². The minimum atomic E-state index is -0.221. The Morgan fingerprint density at radius 1 is 0.519 bits per heavy atom. The van der Waals surface area contributed by atoms with Crippen LogP contribution in [0, 0.1) is 0 Å². The molecule has 27 heavy (non-hydrogen) atoms. The second-order valence-electron chi connectivity index (χ2n) is 12.4. The predicted octanol–water partition coefficient (Wildman–Crippen LogP) is 9.30. The molecule has 0 aromatic heterocycles. The van der Waals surface area contributed by atoms with E-state index in [1.54, 1.807) is 11.1 Å². The van der Waals surface area contributed by atoms with Crippen molar-refractivity contribution < 1.29 is 0 Å². The number of hydrogen-bond donors (Lipinski definition) is 0. The van der Waals surface area contributed by atoms with E-state index in [1.807, 2.05) is 0 Å². The van der Waals surface area contributed by atoms with Crippen molar-refractivity contribution in [1.82, 2.24) is 0 Å². The molecular weight excluding hydrogens is 417 g/mol. The Labute approximate surface area is 184 Å². The molecule has 4 radical (unpaired) electrons. The van der Waals surface area contributed by atoms with Crippen molar-refractivity contribution in [2.75, 3.05) is 0 Å². The van der Waals surface area contributed by atoms with Crippen LogP contribution in [0.4, 0.5) is 0 Å². The summed E-state index contributed by atoms with van der Waals surface area (Å²) in [6.07, 6.45) is 0. The maximum atomic E-state index is 2.44. The monoisotopic (exact) mass is 470 g/mol. The van der Waals surface area contributed by atoms with Gasteiger partial charge in [-0.3, -0.25) is 0 Å². The number of rotatable bonds is 0. The maximum absolute atomic E-state index is 2.44. The van der Waals surface area contributed by atoms with E-state index in [2.05, 4.69) is 110 Å². The quantitative estimate of drug-likeness (QED) is 0.245. The number of allylic oxidation sites excluding steroid dienone is 2. The molecule has 0 saturated heterocycles. The van der Waals surface area contributed by atoms with Gasteiger partial charge in [-0.15, -0.1) is 0 Å². The summed E-state index contributed by atoms with van der Waals surface area (Å²) >= 11 is 0.477. The van der Waals surface area contributed by atoms with Gasteiger partial charge in [0.05, 0.1) is 17.6 Å². The third-order valence-electron chi connectivity index (χ3n) is 6.01. The van der Waals surface area contributed by atoms with Crippen molar-refractivity contribution in [2.45, 2.75) is 141 Å². The first-order valence-electron chi connectivity index (χ1n) is 10.7. The maximum Gasteiger partial charge on any atom is 0.0561 e. The van der Waals surface area contributed by atoms with E-state index < -0.39 is 0 Å². The van der Waals surface area contributed by atoms with Crippen molar-refractivity contribution in [3.63, 3.8) is 0 Å². The van der Waals surface area contributed by atoms with E-state index in [9.17, 15) is 0 Å². The van der Waals surface area contributed by atoms with Gasteiger partial charge in [-0.05, 0) is 20.2 Å². The summed E-state index contributed by atoms with van der Waals surface area (Å²) in [6.45, 7) is 37.7. The molecule has 0 atom stereocenters. The second-order valence-corrected chi connectivity index (χ2v) is 23.4. The summed E-state index contributed by atoms with van der Waals surface area (Å²) in [5.74, 6) is 0. The first-order chi connectivity index (χ1) is 11.6. The van der Waals surface area contributed by atoms with E-state index in [-0.39, 0.29) is 17.6 Å². The van der Waals surface area contributed by atoms with Gasteiger partial charge in [0.1, 0.15) is 0 Å². The van der Waals surface area contributed by atoms with E-state index >= 15 is 0 Å². The molecule has 0 fully saturated rings. The molecule has 0 nitrogen and oxygen atoms in total. The number of hydrogen-bond acceptors (Lipinski definition) is 0. The fraction of sp³-hybridized carbons (Fsp3) is 0.917. The largest absolute Gasteiger partial charge is 0.0703 e.